The predicted octanol–water partition coefficient (Wildman–Crippen LogP) is 3.69. The van der Waals surface area contributed by atoms with Gasteiger partial charge in [-0.3, -0.25) is 9.59 Å². The lowest BCUT2D eigenvalue weighted by Gasteiger charge is -2.27. The SMILES string of the molecule is CCC(C)N(CCC(=O)NCCc1ccc(Cl)cc1Cl)C(C)=O. The van der Waals surface area contributed by atoms with Crippen molar-refractivity contribution >= 4 is 35.0 Å². The van der Waals surface area contributed by atoms with E-state index in [0.29, 0.717) is 36.0 Å². The number of benzene rings is 1. The Balaban J connectivity index is 2.38. The van der Waals surface area contributed by atoms with E-state index in [0.717, 1.165) is 12.0 Å². The average molecular weight is 359 g/mol. The number of nitrogens with zero attached hydrogens (tertiary/aromatic N) is 1. The van der Waals surface area contributed by atoms with Crippen LogP contribution in [0.2, 0.25) is 10.0 Å². The monoisotopic (exact) mass is 358 g/mol. The minimum Gasteiger partial charge on any atom is -0.356 e. The molecule has 128 valence electrons. The molecule has 1 unspecified atom stereocenters. The first-order chi connectivity index (χ1) is 10.8. The van der Waals surface area contributed by atoms with Gasteiger partial charge in [0.25, 0.3) is 0 Å². The Kier molecular flexibility index (Phi) is 8.42. The molecule has 6 heteroatoms. The van der Waals surface area contributed by atoms with Crippen molar-refractivity contribution in [3.63, 3.8) is 0 Å². The van der Waals surface area contributed by atoms with Crippen LogP contribution in [0, 0.1) is 0 Å². The minimum absolute atomic E-state index is 0.0000890. The summed E-state index contributed by atoms with van der Waals surface area (Å²) in [5.74, 6) is -0.0651. The molecule has 23 heavy (non-hydrogen) atoms. The smallest absolute Gasteiger partial charge is 0.221 e. The van der Waals surface area contributed by atoms with E-state index in [9.17, 15) is 9.59 Å². The zero-order valence-electron chi connectivity index (χ0n) is 13.9. The molecule has 0 aliphatic rings. The van der Waals surface area contributed by atoms with Crippen molar-refractivity contribution in [3.8, 4) is 0 Å². The standard InChI is InChI=1S/C17H24Cl2N2O2/c1-4-12(2)21(13(3)22)10-8-17(23)20-9-7-14-5-6-15(18)11-16(14)19/h5-6,11-12H,4,7-10H2,1-3H3,(H,20,23). The average Bonchev–Trinajstić information content (AvgIpc) is 2.49. The molecule has 0 saturated heterocycles. The Hall–Kier alpha value is -1.26. The van der Waals surface area contributed by atoms with E-state index in [-0.39, 0.29) is 17.9 Å². The zero-order chi connectivity index (χ0) is 17.4. The van der Waals surface area contributed by atoms with Gasteiger partial charge in [0.15, 0.2) is 0 Å². The highest BCUT2D eigenvalue weighted by atomic mass is 35.5. The topological polar surface area (TPSA) is 49.4 Å². The van der Waals surface area contributed by atoms with Gasteiger partial charge in [0.2, 0.25) is 11.8 Å². The van der Waals surface area contributed by atoms with Gasteiger partial charge in [-0.1, -0.05) is 36.2 Å². The normalized spacial score (nSPS) is 11.9. The maximum Gasteiger partial charge on any atom is 0.221 e. The molecule has 2 amide bonds. The van der Waals surface area contributed by atoms with Crippen molar-refractivity contribution in [3.05, 3.63) is 33.8 Å². The largest absolute Gasteiger partial charge is 0.356 e. The first kappa shape index (κ1) is 19.8. The predicted molar refractivity (Wildman–Crippen MR) is 94.9 cm³/mol. The van der Waals surface area contributed by atoms with Crippen LogP contribution in [0.1, 0.15) is 39.2 Å². The molecule has 1 aromatic carbocycles. The summed E-state index contributed by atoms with van der Waals surface area (Å²) in [6, 6.07) is 5.48. The van der Waals surface area contributed by atoms with E-state index in [2.05, 4.69) is 5.32 Å². The van der Waals surface area contributed by atoms with E-state index < -0.39 is 0 Å². The van der Waals surface area contributed by atoms with Crippen molar-refractivity contribution in [1.82, 2.24) is 10.2 Å². The van der Waals surface area contributed by atoms with E-state index >= 15 is 0 Å². The van der Waals surface area contributed by atoms with Gasteiger partial charge in [0.1, 0.15) is 0 Å². The highest BCUT2D eigenvalue weighted by Gasteiger charge is 2.16. The van der Waals surface area contributed by atoms with Crippen LogP contribution in [0.3, 0.4) is 0 Å². The number of halogens is 2. The Morgan fingerprint density at radius 1 is 1.30 bits per heavy atom. The van der Waals surface area contributed by atoms with Gasteiger partial charge in [-0.2, -0.15) is 0 Å². The number of nitrogens with one attached hydrogen (secondary N) is 1. The molecule has 0 heterocycles. The van der Waals surface area contributed by atoms with E-state index in [1.165, 1.54) is 6.92 Å². The molecular formula is C17H24Cl2N2O2. The second-order valence-corrected chi connectivity index (χ2v) is 6.40. The number of rotatable bonds is 8. The molecule has 1 atom stereocenters. The zero-order valence-corrected chi connectivity index (χ0v) is 15.4. The molecule has 4 nitrogen and oxygen atoms in total. The lowest BCUT2D eigenvalue weighted by atomic mass is 10.1. The summed E-state index contributed by atoms with van der Waals surface area (Å²) in [7, 11) is 0. The quantitative estimate of drug-likeness (QED) is 0.770. The van der Waals surface area contributed by atoms with Crippen molar-refractivity contribution in [2.75, 3.05) is 13.1 Å². The summed E-state index contributed by atoms with van der Waals surface area (Å²) in [6.45, 7) is 6.49. The number of carbonyl (C=O) groups excluding carboxylic acids is 2. The van der Waals surface area contributed by atoms with Gasteiger partial charge >= 0.3 is 0 Å². The first-order valence-electron chi connectivity index (χ1n) is 7.83. The number of hydrogen-bond donors (Lipinski definition) is 1. The summed E-state index contributed by atoms with van der Waals surface area (Å²) in [6.07, 6.45) is 1.82. The third-order valence-corrected chi connectivity index (χ3v) is 4.43. The number of amides is 2. The lowest BCUT2D eigenvalue weighted by Crippen LogP contribution is -2.39. The van der Waals surface area contributed by atoms with E-state index in [1.54, 1.807) is 17.0 Å². The fraction of sp³-hybridized carbons (Fsp3) is 0.529. The van der Waals surface area contributed by atoms with Crippen LogP contribution in [-0.2, 0) is 16.0 Å². The molecule has 0 bridgehead atoms. The molecule has 1 N–H and O–H groups in total. The van der Waals surface area contributed by atoms with Crippen LogP contribution in [0.15, 0.2) is 18.2 Å². The number of hydrogen-bond acceptors (Lipinski definition) is 2. The van der Waals surface area contributed by atoms with Crippen molar-refractivity contribution in [1.29, 1.82) is 0 Å². The van der Waals surface area contributed by atoms with Crippen LogP contribution >= 0.6 is 23.2 Å². The van der Waals surface area contributed by atoms with Crippen LogP contribution < -0.4 is 5.32 Å². The van der Waals surface area contributed by atoms with Crippen LogP contribution in [0.25, 0.3) is 0 Å². The molecular weight excluding hydrogens is 335 g/mol. The molecule has 0 aliphatic carbocycles. The highest BCUT2D eigenvalue weighted by Crippen LogP contribution is 2.21. The summed E-state index contributed by atoms with van der Waals surface area (Å²) in [5.41, 5.74) is 0.946. The van der Waals surface area contributed by atoms with Gasteiger partial charge < -0.3 is 10.2 Å². The van der Waals surface area contributed by atoms with Gasteiger partial charge in [0.05, 0.1) is 0 Å². The lowest BCUT2D eigenvalue weighted by molar-refractivity contribution is -0.131. The third kappa shape index (κ3) is 6.80. The van der Waals surface area contributed by atoms with Crippen molar-refractivity contribution < 1.29 is 9.59 Å². The maximum absolute atomic E-state index is 11.9. The highest BCUT2D eigenvalue weighted by molar-refractivity contribution is 6.35. The van der Waals surface area contributed by atoms with Crippen LogP contribution in [-0.4, -0.2) is 35.8 Å². The third-order valence-electron chi connectivity index (χ3n) is 3.84. The Bertz CT molecular complexity index is 549. The minimum atomic E-state index is -0.0651. The Labute approximate surface area is 148 Å². The molecule has 0 fully saturated rings. The Morgan fingerprint density at radius 2 is 2.00 bits per heavy atom. The summed E-state index contributed by atoms with van der Waals surface area (Å²) < 4.78 is 0. The van der Waals surface area contributed by atoms with Crippen LogP contribution in [0.4, 0.5) is 0 Å². The second kappa shape index (κ2) is 9.78. The molecule has 0 aliphatic heterocycles. The Morgan fingerprint density at radius 3 is 2.57 bits per heavy atom. The molecule has 0 aromatic heterocycles. The molecule has 1 aromatic rings. The molecule has 1 rings (SSSR count). The fourth-order valence-corrected chi connectivity index (χ4v) is 2.78. The van der Waals surface area contributed by atoms with Gasteiger partial charge in [0, 0.05) is 42.5 Å². The van der Waals surface area contributed by atoms with Crippen molar-refractivity contribution in [2.24, 2.45) is 0 Å². The number of carbonyl (C=O) groups is 2. The maximum atomic E-state index is 11.9. The summed E-state index contributed by atoms with van der Waals surface area (Å²) in [4.78, 5) is 25.2. The van der Waals surface area contributed by atoms with Gasteiger partial charge in [-0.05, 0) is 37.5 Å². The summed E-state index contributed by atoms with van der Waals surface area (Å²) in [5, 5.41) is 4.05. The molecule has 0 spiro atoms. The van der Waals surface area contributed by atoms with Crippen LogP contribution in [0.5, 0.6) is 0 Å². The fourth-order valence-electron chi connectivity index (χ4n) is 2.28. The van der Waals surface area contributed by atoms with E-state index in [4.69, 9.17) is 23.2 Å². The summed E-state index contributed by atoms with van der Waals surface area (Å²) >= 11 is 11.9. The van der Waals surface area contributed by atoms with Crippen molar-refractivity contribution in [2.45, 2.75) is 46.1 Å². The van der Waals surface area contributed by atoms with Gasteiger partial charge in [-0.15, -0.1) is 0 Å². The van der Waals surface area contributed by atoms with Gasteiger partial charge in [-0.25, -0.2) is 0 Å². The van der Waals surface area contributed by atoms with E-state index in [1.807, 2.05) is 19.9 Å². The first-order valence-corrected chi connectivity index (χ1v) is 8.58. The second-order valence-electron chi connectivity index (χ2n) is 5.56. The molecule has 0 saturated carbocycles. The molecule has 0 radical (unpaired) electrons.